The second kappa shape index (κ2) is 10.3. The van der Waals surface area contributed by atoms with Gasteiger partial charge in [0.1, 0.15) is 23.3 Å². The Morgan fingerprint density at radius 1 is 1.16 bits per heavy atom. The molecule has 4 aromatic heterocycles. The predicted molar refractivity (Wildman–Crippen MR) is 149 cm³/mol. The number of aromatic amines is 1. The topological polar surface area (TPSA) is 153 Å². The van der Waals surface area contributed by atoms with Crippen molar-refractivity contribution in [2.75, 3.05) is 26.2 Å². The number of hydrogen-bond acceptors (Lipinski definition) is 9. The van der Waals surface area contributed by atoms with Crippen molar-refractivity contribution in [1.82, 2.24) is 44.5 Å². The van der Waals surface area contributed by atoms with Crippen molar-refractivity contribution < 1.29 is 23.1 Å². The molecule has 7 rings (SSSR count). The van der Waals surface area contributed by atoms with Gasteiger partial charge in [-0.2, -0.15) is 23.5 Å². The summed E-state index contributed by atoms with van der Waals surface area (Å²) in [5.74, 6) is -2.03. The summed E-state index contributed by atoms with van der Waals surface area (Å²) in [6, 6.07) is 5.59. The first-order valence-electron chi connectivity index (χ1n) is 14.5. The molecule has 0 atom stereocenters. The van der Waals surface area contributed by atoms with Crippen LogP contribution in [0.1, 0.15) is 60.5 Å². The van der Waals surface area contributed by atoms with Crippen LogP contribution in [-0.2, 0) is 17.3 Å². The molecule has 15 heteroatoms. The maximum Gasteiger partial charge on any atom is 0.451 e. The zero-order chi connectivity index (χ0) is 30.7. The second-order valence-corrected chi connectivity index (χ2v) is 11.9. The van der Waals surface area contributed by atoms with E-state index in [4.69, 9.17) is 0 Å². The normalized spacial score (nSPS) is 23.6. The standard InChI is InChI=1S/C29H29F3N10O2/c30-29(31,32)26-38-21(12-22(39-26)28(44)3-1-4-28)25(43)41-10-8-40(9-11-41)19-13-27(14-19,5-6-33)42-16-18(15-37-42)23-20-2-7-34-24(20)36-17-35-23/h2,7,12,15-17,19,44H,1,3-5,8-11,13-14H2,(H,34,35,36). The highest BCUT2D eigenvalue weighted by Gasteiger charge is 2.49. The molecule has 2 N–H and O–H groups in total. The van der Waals surface area contributed by atoms with Gasteiger partial charge >= 0.3 is 6.18 Å². The molecule has 0 bridgehead atoms. The molecule has 0 radical (unpaired) electrons. The Balaban J connectivity index is 1.02. The number of halogens is 3. The van der Waals surface area contributed by atoms with Gasteiger partial charge in [0.2, 0.25) is 5.82 Å². The number of aliphatic hydroxyl groups is 1. The van der Waals surface area contributed by atoms with E-state index in [-0.39, 0.29) is 23.9 Å². The van der Waals surface area contributed by atoms with E-state index in [1.807, 2.05) is 16.9 Å². The highest BCUT2D eigenvalue weighted by Crippen LogP contribution is 2.45. The number of carbonyl (C=O) groups excluding carboxylic acids is 1. The summed E-state index contributed by atoms with van der Waals surface area (Å²) in [5.41, 5.74) is -0.134. The monoisotopic (exact) mass is 606 g/mol. The Hall–Kier alpha value is -4.42. The Bertz CT molecular complexity index is 1760. The quantitative estimate of drug-likeness (QED) is 0.337. The average molecular weight is 607 g/mol. The highest BCUT2D eigenvalue weighted by atomic mass is 19.4. The van der Waals surface area contributed by atoms with Crippen molar-refractivity contribution in [2.24, 2.45) is 0 Å². The number of H-pyrrole nitrogens is 1. The molecule has 5 heterocycles. The summed E-state index contributed by atoms with van der Waals surface area (Å²) in [5, 5.41) is 25.8. The van der Waals surface area contributed by atoms with Gasteiger partial charge in [0.15, 0.2) is 0 Å². The fourth-order valence-electron chi connectivity index (χ4n) is 6.58. The second-order valence-electron chi connectivity index (χ2n) is 11.9. The number of carbonyl (C=O) groups is 1. The zero-order valence-corrected chi connectivity index (χ0v) is 23.6. The Labute approximate surface area is 249 Å². The summed E-state index contributed by atoms with van der Waals surface area (Å²) in [6.07, 6.45) is 5.06. The van der Waals surface area contributed by atoms with Gasteiger partial charge in [-0.3, -0.25) is 14.4 Å². The summed E-state index contributed by atoms with van der Waals surface area (Å²) in [7, 11) is 0. The molecule has 3 fully saturated rings. The number of fused-ring (bicyclic) bond motifs is 1. The fourth-order valence-corrected chi connectivity index (χ4v) is 6.58. The molecule has 12 nitrogen and oxygen atoms in total. The van der Waals surface area contributed by atoms with Crippen LogP contribution in [0, 0.1) is 11.3 Å². The van der Waals surface area contributed by atoms with E-state index >= 15 is 0 Å². The predicted octanol–water partition coefficient (Wildman–Crippen LogP) is 3.23. The molecule has 4 aromatic rings. The summed E-state index contributed by atoms with van der Waals surface area (Å²) < 4.78 is 42.5. The van der Waals surface area contributed by atoms with E-state index in [2.05, 4.69) is 41.0 Å². The first-order valence-corrected chi connectivity index (χ1v) is 14.5. The number of hydrogen-bond donors (Lipinski definition) is 2. The number of aromatic nitrogens is 7. The molecule has 3 aliphatic rings. The lowest BCUT2D eigenvalue weighted by Gasteiger charge is -2.52. The number of alkyl halides is 3. The number of nitriles is 1. The fraction of sp³-hybridized carbons (Fsp3) is 0.483. The van der Waals surface area contributed by atoms with E-state index in [9.17, 15) is 28.3 Å². The molecule has 0 unspecified atom stereocenters. The smallest absolute Gasteiger partial charge is 0.384 e. The van der Waals surface area contributed by atoms with Gasteiger partial charge in [0, 0.05) is 55.6 Å². The van der Waals surface area contributed by atoms with Gasteiger partial charge in [0.25, 0.3) is 5.91 Å². The van der Waals surface area contributed by atoms with Crippen LogP contribution in [0.25, 0.3) is 22.3 Å². The minimum Gasteiger partial charge on any atom is -0.384 e. The van der Waals surface area contributed by atoms with E-state index in [0.717, 1.165) is 22.3 Å². The lowest BCUT2D eigenvalue weighted by atomic mass is 9.70. The lowest BCUT2D eigenvalue weighted by molar-refractivity contribution is -0.145. The maximum absolute atomic E-state index is 13.6. The molecule has 1 aliphatic heterocycles. The Morgan fingerprint density at radius 2 is 1.93 bits per heavy atom. The van der Waals surface area contributed by atoms with Gasteiger partial charge in [-0.25, -0.2) is 19.9 Å². The summed E-state index contributed by atoms with van der Waals surface area (Å²) in [4.78, 5) is 35.9. The largest absolute Gasteiger partial charge is 0.451 e. The summed E-state index contributed by atoms with van der Waals surface area (Å²) in [6.45, 7) is 1.70. The van der Waals surface area contributed by atoms with Gasteiger partial charge in [0.05, 0.1) is 35.6 Å². The molecule has 228 valence electrons. The van der Waals surface area contributed by atoms with Gasteiger partial charge in [-0.1, -0.05) is 0 Å². The van der Waals surface area contributed by atoms with E-state index in [1.54, 1.807) is 12.4 Å². The van der Waals surface area contributed by atoms with Crippen molar-refractivity contribution >= 4 is 16.9 Å². The van der Waals surface area contributed by atoms with Crippen molar-refractivity contribution in [3.63, 3.8) is 0 Å². The number of nitrogens with one attached hydrogen (secondary N) is 1. The van der Waals surface area contributed by atoms with Crippen LogP contribution in [0.4, 0.5) is 13.2 Å². The minimum atomic E-state index is -4.84. The molecule has 2 aliphatic carbocycles. The molecule has 0 spiro atoms. The number of piperazine rings is 1. The van der Waals surface area contributed by atoms with Crippen molar-refractivity contribution in [3.8, 4) is 17.3 Å². The molecule has 0 aromatic carbocycles. The van der Waals surface area contributed by atoms with E-state index in [0.29, 0.717) is 58.3 Å². The highest BCUT2D eigenvalue weighted by molar-refractivity contribution is 5.92. The van der Waals surface area contributed by atoms with Crippen LogP contribution in [0.3, 0.4) is 0 Å². The van der Waals surface area contributed by atoms with Crippen molar-refractivity contribution in [3.05, 3.63) is 54.3 Å². The number of amides is 1. The molecular weight excluding hydrogens is 577 g/mol. The van der Waals surface area contributed by atoms with Crippen LogP contribution >= 0.6 is 0 Å². The Kier molecular flexibility index (Phi) is 6.67. The maximum atomic E-state index is 13.6. The van der Waals surface area contributed by atoms with Crippen LogP contribution < -0.4 is 0 Å². The number of rotatable bonds is 6. The van der Waals surface area contributed by atoms with Crippen LogP contribution in [-0.4, -0.2) is 87.7 Å². The van der Waals surface area contributed by atoms with Gasteiger partial charge in [-0.05, 0) is 44.2 Å². The third-order valence-corrected chi connectivity index (χ3v) is 9.31. The van der Waals surface area contributed by atoms with Crippen molar-refractivity contribution in [1.29, 1.82) is 5.26 Å². The SMILES string of the molecule is N#CCC1(n2cc(-c3ncnc4[nH]ccc34)cn2)CC(N2CCN(C(=O)c3cc(C4(O)CCC4)nc(C(F)(F)F)n3)CC2)C1. The first-order chi connectivity index (χ1) is 21.1. The third-order valence-electron chi connectivity index (χ3n) is 9.31. The molecular formula is C29H29F3N10O2. The van der Waals surface area contributed by atoms with E-state index < -0.39 is 29.0 Å². The molecule has 44 heavy (non-hydrogen) atoms. The average Bonchev–Trinajstić information content (AvgIpc) is 3.67. The Morgan fingerprint density at radius 3 is 2.61 bits per heavy atom. The van der Waals surface area contributed by atoms with Crippen molar-refractivity contribution in [2.45, 2.75) is 61.9 Å². The van der Waals surface area contributed by atoms with Crippen LogP contribution in [0.15, 0.2) is 37.1 Å². The summed E-state index contributed by atoms with van der Waals surface area (Å²) >= 11 is 0. The minimum absolute atomic E-state index is 0.157. The third kappa shape index (κ3) is 4.78. The first kappa shape index (κ1) is 28.4. The van der Waals surface area contributed by atoms with Gasteiger partial charge < -0.3 is 15.0 Å². The van der Waals surface area contributed by atoms with Gasteiger partial charge in [-0.15, -0.1) is 0 Å². The van der Waals surface area contributed by atoms with E-state index in [1.165, 1.54) is 17.3 Å². The number of nitrogens with zero attached hydrogens (tertiary/aromatic N) is 9. The zero-order valence-electron chi connectivity index (χ0n) is 23.6. The van der Waals surface area contributed by atoms with Crippen LogP contribution in [0.5, 0.6) is 0 Å². The lowest BCUT2D eigenvalue weighted by Crippen LogP contribution is -2.60. The molecule has 1 saturated heterocycles. The van der Waals surface area contributed by atoms with Crippen LogP contribution in [0.2, 0.25) is 0 Å². The molecule has 1 amide bonds. The molecule has 2 saturated carbocycles.